The summed E-state index contributed by atoms with van der Waals surface area (Å²) in [6.45, 7) is 0. The molecule has 1 N–H and O–H groups in total. The summed E-state index contributed by atoms with van der Waals surface area (Å²) < 4.78 is 0. The number of aromatic nitrogens is 1. The van der Waals surface area contributed by atoms with Gasteiger partial charge in [-0.25, -0.2) is 4.98 Å². The van der Waals surface area contributed by atoms with Crippen molar-refractivity contribution >= 4 is 17.8 Å². The number of hydrogen-bond acceptors (Lipinski definition) is 2. The second kappa shape index (κ2) is 5.61. The average Bonchev–Trinajstić information content (AvgIpc) is 2.39. The Kier molecular flexibility index (Phi) is 3.65. The van der Waals surface area contributed by atoms with Crippen LogP contribution in [0.15, 0.2) is 54.7 Å². The summed E-state index contributed by atoms with van der Waals surface area (Å²) in [7, 11) is 0. The van der Waals surface area contributed by atoms with Gasteiger partial charge in [-0.1, -0.05) is 30.3 Å². The zero-order valence-electron chi connectivity index (χ0n) is 9.13. The van der Waals surface area contributed by atoms with Crippen LogP contribution in [-0.4, -0.2) is 10.9 Å². The fraction of sp³-hybridized carbons (Fsp3) is 0. The predicted octanol–water partition coefficient (Wildman–Crippen LogP) is 2.53. The molecule has 3 heteroatoms. The minimum Gasteiger partial charge on any atom is -0.307 e. The van der Waals surface area contributed by atoms with E-state index in [-0.39, 0.29) is 5.91 Å². The van der Waals surface area contributed by atoms with Gasteiger partial charge in [0, 0.05) is 18.3 Å². The Labute approximate surface area is 99.8 Å². The van der Waals surface area contributed by atoms with Crippen molar-refractivity contribution in [2.75, 3.05) is 5.32 Å². The molecule has 0 fully saturated rings. The largest absolute Gasteiger partial charge is 0.307 e. The summed E-state index contributed by atoms with van der Waals surface area (Å²) in [6.07, 6.45) is 4.74. The van der Waals surface area contributed by atoms with Crippen LogP contribution in [0.3, 0.4) is 0 Å². The lowest BCUT2D eigenvalue weighted by molar-refractivity contribution is -0.111. The normalized spacial score (nSPS) is 10.4. The molecular weight excluding hydrogens is 212 g/mol. The molecule has 0 aliphatic heterocycles. The first kappa shape index (κ1) is 11.1. The minimum atomic E-state index is -0.201. The van der Waals surface area contributed by atoms with Crippen molar-refractivity contribution in [2.24, 2.45) is 0 Å². The van der Waals surface area contributed by atoms with Crippen LogP contribution in [0.25, 0.3) is 6.08 Å². The number of benzene rings is 1. The Hall–Kier alpha value is -2.42. The molecule has 0 atom stereocenters. The maximum Gasteiger partial charge on any atom is 0.249 e. The van der Waals surface area contributed by atoms with E-state index < -0.39 is 0 Å². The minimum absolute atomic E-state index is 0.201. The van der Waals surface area contributed by atoms with Crippen molar-refractivity contribution in [3.05, 3.63) is 66.4 Å². The third-order valence-electron chi connectivity index (χ3n) is 2.09. The number of amides is 1. The highest BCUT2D eigenvalue weighted by Crippen LogP contribution is 2.03. The monoisotopic (exact) mass is 223 g/mol. The summed E-state index contributed by atoms with van der Waals surface area (Å²) >= 11 is 0. The van der Waals surface area contributed by atoms with Crippen LogP contribution in [0.2, 0.25) is 0 Å². The maximum absolute atomic E-state index is 11.5. The second-order valence-corrected chi connectivity index (χ2v) is 3.38. The zero-order chi connectivity index (χ0) is 11.9. The molecule has 83 valence electrons. The van der Waals surface area contributed by atoms with Crippen molar-refractivity contribution in [2.45, 2.75) is 0 Å². The van der Waals surface area contributed by atoms with Gasteiger partial charge in [-0.05, 0) is 23.8 Å². The number of carbonyl (C=O) groups is 1. The van der Waals surface area contributed by atoms with E-state index in [1.165, 1.54) is 12.3 Å². The molecule has 0 spiro atoms. The van der Waals surface area contributed by atoms with Gasteiger partial charge in [0.2, 0.25) is 5.91 Å². The first-order chi connectivity index (χ1) is 8.34. The van der Waals surface area contributed by atoms with Crippen LogP contribution in [0.4, 0.5) is 5.82 Å². The van der Waals surface area contributed by atoms with Crippen molar-refractivity contribution in [3.63, 3.8) is 0 Å². The van der Waals surface area contributed by atoms with Crippen molar-refractivity contribution < 1.29 is 4.79 Å². The molecule has 0 aliphatic rings. The van der Waals surface area contributed by atoms with Gasteiger partial charge in [0.1, 0.15) is 5.82 Å². The van der Waals surface area contributed by atoms with Crippen LogP contribution >= 0.6 is 0 Å². The lowest BCUT2D eigenvalue weighted by atomic mass is 10.2. The van der Waals surface area contributed by atoms with Gasteiger partial charge in [0.25, 0.3) is 0 Å². The maximum atomic E-state index is 11.5. The van der Waals surface area contributed by atoms with Crippen LogP contribution in [0.5, 0.6) is 0 Å². The van der Waals surface area contributed by atoms with E-state index in [2.05, 4.69) is 16.4 Å². The molecule has 0 saturated heterocycles. The number of nitrogens with one attached hydrogen (secondary N) is 1. The second-order valence-electron chi connectivity index (χ2n) is 3.38. The Bertz CT molecular complexity index is 506. The summed E-state index contributed by atoms with van der Waals surface area (Å²) in [5.74, 6) is 0.319. The molecule has 17 heavy (non-hydrogen) atoms. The standard InChI is InChI=1S/C14H11N2O/c17-14(16-13-8-4-5-11-15-13)10-9-12-6-2-1-3-7-12/h1-4,6-11H,(H,15,16,17)/b10-9+. The van der Waals surface area contributed by atoms with Gasteiger partial charge in [0.15, 0.2) is 0 Å². The summed E-state index contributed by atoms with van der Waals surface area (Å²) in [5.41, 5.74) is 0.983. The van der Waals surface area contributed by atoms with E-state index in [9.17, 15) is 4.79 Å². The molecule has 2 rings (SSSR count). The Morgan fingerprint density at radius 3 is 2.76 bits per heavy atom. The summed E-state index contributed by atoms with van der Waals surface area (Å²) in [4.78, 5) is 15.5. The van der Waals surface area contributed by atoms with Gasteiger partial charge >= 0.3 is 0 Å². The first-order valence-corrected chi connectivity index (χ1v) is 5.21. The third kappa shape index (κ3) is 3.57. The highest BCUT2D eigenvalue weighted by molar-refractivity contribution is 6.01. The average molecular weight is 223 g/mol. The Morgan fingerprint density at radius 2 is 2.06 bits per heavy atom. The van der Waals surface area contributed by atoms with Crippen LogP contribution in [0.1, 0.15) is 5.56 Å². The molecule has 1 amide bonds. The molecular formula is C14H11N2O. The van der Waals surface area contributed by atoms with Crippen LogP contribution in [0, 0.1) is 6.07 Å². The molecule has 1 radical (unpaired) electrons. The number of carbonyl (C=O) groups excluding carboxylic acids is 1. The fourth-order valence-electron chi connectivity index (χ4n) is 1.30. The van der Waals surface area contributed by atoms with E-state index in [0.717, 1.165) is 5.56 Å². The summed E-state index contributed by atoms with van der Waals surface area (Å²) in [5, 5.41) is 2.66. The van der Waals surface area contributed by atoms with Crippen LogP contribution < -0.4 is 5.32 Å². The third-order valence-corrected chi connectivity index (χ3v) is 2.09. The van der Waals surface area contributed by atoms with Gasteiger partial charge < -0.3 is 5.32 Å². The van der Waals surface area contributed by atoms with E-state index in [1.807, 2.05) is 30.3 Å². The Balaban J connectivity index is 1.96. The molecule has 1 aromatic heterocycles. The number of anilines is 1. The number of hydrogen-bond donors (Lipinski definition) is 1. The fourth-order valence-corrected chi connectivity index (χ4v) is 1.30. The zero-order valence-corrected chi connectivity index (χ0v) is 9.13. The first-order valence-electron chi connectivity index (χ1n) is 5.21. The topological polar surface area (TPSA) is 42.0 Å². The van der Waals surface area contributed by atoms with E-state index >= 15 is 0 Å². The van der Waals surface area contributed by atoms with E-state index in [4.69, 9.17) is 0 Å². The highest BCUT2D eigenvalue weighted by Gasteiger charge is 1.96. The quantitative estimate of drug-likeness (QED) is 0.812. The van der Waals surface area contributed by atoms with Gasteiger partial charge in [0.05, 0.1) is 0 Å². The van der Waals surface area contributed by atoms with Gasteiger partial charge in [-0.2, -0.15) is 0 Å². The Morgan fingerprint density at radius 1 is 1.24 bits per heavy atom. The van der Waals surface area contributed by atoms with E-state index in [0.29, 0.717) is 5.82 Å². The van der Waals surface area contributed by atoms with Gasteiger partial charge in [-0.3, -0.25) is 4.79 Å². The molecule has 2 aromatic rings. The molecule has 0 saturated carbocycles. The van der Waals surface area contributed by atoms with Crippen molar-refractivity contribution in [1.82, 2.24) is 4.98 Å². The number of rotatable bonds is 3. The smallest absolute Gasteiger partial charge is 0.249 e. The SMILES string of the molecule is O=C(/C=C/c1ccccc1)Nc1cc[c]cn1. The number of pyridine rings is 1. The van der Waals surface area contributed by atoms with Crippen molar-refractivity contribution in [3.8, 4) is 0 Å². The lowest BCUT2D eigenvalue weighted by Gasteiger charge is -1.99. The molecule has 1 aromatic carbocycles. The lowest BCUT2D eigenvalue weighted by Crippen LogP contribution is -2.08. The van der Waals surface area contributed by atoms with Gasteiger partial charge in [-0.15, -0.1) is 0 Å². The molecule has 1 heterocycles. The van der Waals surface area contributed by atoms with Crippen molar-refractivity contribution in [1.29, 1.82) is 0 Å². The molecule has 3 nitrogen and oxygen atoms in total. The predicted molar refractivity (Wildman–Crippen MR) is 67.2 cm³/mol. The summed E-state index contributed by atoms with van der Waals surface area (Å²) in [6, 6.07) is 15.8. The molecule has 0 bridgehead atoms. The highest BCUT2D eigenvalue weighted by atomic mass is 16.1. The number of nitrogens with zero attached hydrogens (tertiary/aromatic N) is 1. The molecule has 0 unspecified atom stereocenters. The van der Waals surface area contributed by atoms with E-state index in [1.54, 1.807) is 18.2 Å². The molecule has 0 aliphatic carbocycles. The van der Waals surface area contributed by atoms with Crippen LogP contribution in [-0.2, 0) is 4.79 Å².